The molecular formula is C44H68N8O6S6. The van der Waals surface area contributed by atoms with E-state index >= 15 is 0 Å². The summed E-state index contributed by atoms with van der Waals surface area (Å²) in [5.41, 5.74) is 10.7. The zero-order valence-corrected chi connectivity index (χ0v) is 43.4. The average Bonchev–Trinajstić information content (AvgIpc) is 3.80. The normalized spacial score (nSPS) is 22.5. The fraction of sp³-hybridized carbons (Fsp3) is 0.568. The number of hydrogen-bond donors (Lipinski definition) is 3. The monoisotopic (exact) mass is 996 g/mol. The number of piperazine rings is 1. The first-order valence-corrected chi connectivity index (χ1v) is 22.0. The summed E-state index contributed by atoms with van der Waals surface area (Å²) >= 11 is 1.46. The molecular weight excluding hydrogens is 929 g/mol. The Bertz CT molecular complexity index is 2230. The molecule has 20 heteroatoms. The summed E-state index contributed by atoms with van der Waals surface area (Å²) in [6, 6.07) is 7.16. The maximum absolute atomic E-state index is 14.1. The first kappa shape index (κ1) is 55.7. The molecule has 3 fully saturated rings. The third kappa shape index (κ3) is 11.7. The molecule has 8 rings (SSSR count). The number of hydrogen-bond acceptors (Lipinski definition) is 12. The Morgan fingerprint density at radius 1 is 1.09 bits per heavy atom. The number of carbonyl (C=O) groups excluding carboxylic acids is 3. The quantitative estimate of drug-likeness (QED) is 0.201. The van der Waals surface area contributed by atoms with Crippen molar-refractivity contribution in [1.82, 2.24) is 35.2 Å². The van der Waals surface area contributed by atoms with Crippen LogP contribution in [0.4, 0.5) is 5.69 Å². The van der Waals surface area contributed by atoms with Crippen LogP contribution in [-0.2, 0) is 43.2 Å². The number of aliphatic hydroxyl groups excluding tert-OH is 1. The summed E-state index contributed by atoms with van der Waals surface area (Å²) in [5.74, 6) is -1.42. The number of thiazole rings is 1. The highest BCUT2D eigenvalue weighted by atomic mass is 32.1. The second-order valence-electron chi connectivity index (χ2n) is 17.5. The minimum Gasteiger partial charge on any atom is -0.464 e. The van der Waals surface area contributed by atoms with Crippen molar-refractivity contribution < 1.29 is 29.0 Å². The number of fused-ring (bicyclic) bond motifs is 6. The van der Waals surface area contributed by atoms with Crippen LogP contribution in [0.15, 0.2) is 35.8 Å². The van der Waals surface area contributed by atoms with Crippen molar-refractivity contribution in [1.29, 1.82) is 0 Å². The number of esters is 1. The van der Waals surface area contributed by atoms with Crippen LogP contribution in [-0.4, -0.2) is 120 Å². The molecule has 6 bridgehead atoms. The van der Waals surface area contributed by atoms with E-state index in [1.807, 2.05) is 18.5 Å². The average molecular weight is 997 g/mol. The number of methoxy groups -OCH3 is 1. The first-order chi connectivity index (χ1) is 28.4. The van der Waals surface area contributed by atoms with Gasteiger partial charge in [0.15, 0.2) is 0 Å². The molecule has 0 radical (unpaired) electrons. The van der Waals surface area contributed by atoms with E-state index in [9.17, 15) is 19.5 Å². The van der Waals surface area contributed by atoms with Crippen LogP contribution < -0.4 is 15.6 Å². The number of likely N-dealkylation sites (N-methyl/N-ethyl adjacent to an activating group) is 1. The van der Waals surface area contributed by atoms with Crippen LogP contribution >= 0.6 is 78.8 Å². The highest BCUT2D eigenvalue weighted by molar-refractivity contribution is 7.60. The van der Waals surface area contributed by atoms with Crippen molar-refractivity contribution in [2.75, 3.05) is 65.0 Å². The third-order valence-corrected chi connectivity index (χ3v) is 13.5. The van der Waals surface area contributed by atoms with Crippen molar-refractivity contribution in [3.05, 3.63) is 52.1 Å². The Kier molecular flexibility index (Phi) is 20.3. The predicted molar refractivity (Wildman–Crippen MR) is 280 cm³/mol. The summed E-state index contributed by atoms with van der Waals surface area (Å²) < 4.78 is 14.5. The van der Waals surface area contributed by atoms with E-state index in [0.29, 0.717) is 43.8 Å². The SMILES string of the molecule is CCn1c(-c2cc(N3CCN(C)CC3)cnc2[C@H](C)OC)c2c3cc(ccc31)-c1csc(n1)C[C@H](NC(=O)[C@H]1C[C@@H]1CO)C(=O)N1CCC[C@H](N1)C(=O)OCC(C)(C)C2.S.S.S.S.S. The molecule has 356 valence electrons. The molecule has 3 N–H and O–H groups in total. The number of benzene rings is 1. The Morgan fingerprint density at radius 3 is 2.50 bits per heavy atom. The van der Waals surface area contributed by atoms with Gasteiger partial charge < -0.3 is 34.3 Å². The summed E-state index contributed by atoms with van der Waals surface area (Å²) in [5, 5.41) is 17.9. The molecule has 5 atom stereocenters. The maximum Gasteiger partial charge on any atom is 0.324 e. The number of cyclic esters (lactones) is 1. The van der Waals surface area contributed by atoms with Crippen molar-refractivity contribution in [3.63, 3.8) is 0 Å². The van der Waals surface area contributed by atoms with Gasteiger partial charge in [0.1, 0.15) is 12.1 Å². The van der Waals surface area contributed by atoms with Gasteiger partial charge in [0.05, 0.1) is 46.7 Å². The van der Waals surface area contributed by atoms with E-state index in [1.165, 1.54) is 16.3 Å². The van der Waals surface area contributed by atoms with E-state index in [0.717, 1.165) is 76.5 Å². The second kappa shape index (κ2) is 23.4. The molecule has 1 saturated carbocycles. The fourth-order valence-corrected chi connectivity index (χ4v) is 9.74. The number of aliphatic hydroxyl groups is 1. The number of aryl methyl sites for hydroxylation is 1. The number of pyridine rings is 1. The van der Waals surface area contributed by atoms with Gasteiger partial charge in [-0.1, -0.05) is 19.9 Å². The first-order valence-electron chi connectivity index (χ1n) is 21.1. The zero-order chi connectivity index (χ0) is 41.6. The maximum atomic E-state index is 14.1. The molecule has 64 heavy (non-hydrogen) atoms. The number of nitrogens with one attached hydrogen (secondary N) is 2. The van der Waals surface area contributed by atoms with Crippen molar-refractivity contribution in [2.45, 2.75) is 84.5 Å². The van der Waals surface area contributed by atoms with Gasteiger partial charge >= 0.3 is 5.97 Å². The van der Waals surface area contributed by atoms with Crippen molar-refractivity contribution in [2.24, 2.45) is 17.3 Å². The topological polar surface area (TPSA) is 154 Å². The molecule has 3 aromatic heterocycles. The molecule has 4 aliphatic rings. The molecule has 2 saturated heterocycles. The molecule has 6 heterocycles. The standard InChI is InChI=1S/C44H58N8O6S.5H2S/c1-7-51-37-11-10-27-17-31(37)33(40(51)32-19-29(22-45-39(32)26(2)57-6)50-15-13-49(5)14-16-50)21-44(3,4)25-58-43(56)34-9-8-12-52(48-34)42(55)35(20-38-46-36(27)24-59-38)47-41(54)30-18-28(30)23-53;;;;;/h10-11,17,19,22,24,26,28,30,34-35,48,53H,7-9,12-16,18,20-21,23,25H2,1-6H3,(H,47,54);5*1H2/t26-,28+,30-,34-,35-;;;;;/m0...../s1. The Labute approximate surface area is 416 Å². The van der Waals surface area contributed by atoms with Crippen LogP contribution in [0, 0.1) is 17.3 Å². The van der Waals surface area contributed by atoms with Crippen LogP contribution in [0.3, 0.4) is 0 Å². The van der Waals surface area contributed by atoms with Crippen LogP contribution in [0.1, 0.15) is 69.3 Å². The minimum absolute atomic E-state index is 0. The largest absolute Gasteiger partial charge is 0.464 e. The number of rotatable bonds is 8. The number of amides is 2. The van der Waals surface area contributed by atoms with E-state index in [-0.39, 0.29) is 117 Å². The van der Waals surface area contributed by atoms with Gasteiger partial charge in [0.2, 0.25) is 5.91 Å². The van der Waals surface area contributed by atoms with Gasteiger partial charge in [0.25, 0.3) is 5.91 Å². The minimum atomic E-state index is -0.907. The lowest BCUT2D eigenvalue weighted by Gasteiger charge is -2.35. The van der Waals surface area contributed by atoms with Gasteiger partial charge in [-0.25, -0.2) is 10.4 Å². The predicted octanol–water partition coefficient (Wildman–Crippen LogP) is 5.15. The second-order valence-corrected chi connectivity index (χ2v) is 18.5. The van der Waals surface area contributed by atoms with Crippen LogP contribution in [0.2, 0.25) is 0 Å². The van der Waals surface area contributed by atoms with Gasteiger partial charge in [0, 0.05) is 98.1 Å². The number of hydrazine groups is 1. The molecule has 2 amide bonds. The molecule has 3 aliphatic heterocycles. The summed E-state index contributed by atoms with van der Waals surface area (Å²) in [7, 11) is 3.88. The highest BCUT2D eigenvalue weighted by Gasteiger charge is 2.44. The van der Waals surface area contributed by atoms with E-state index in [4.69, 9.17) is 19.4 Å². The third-order valence-electron chi connectivity index (χ3n) is 12.6. The lowest BCUT2D eigenvalue weighted by molar-refractivity contribution is -0.155. The Hall–Kier alpha value is -2.66. The molecule has 14 nitrogen and oxygen atoms in total. The fourth-order valence-electron chi connectivity index (χ4n) is 8.89. The molecule has 4 aromatic rings. The van der Waals surface area contributed by atoms with Crippen molar-refractivity contribution >= 4 is 113 Å². The molecule has 0 spiro atoms. The van der Waals surface area contributed by atoms with Crippen LogP contribution in [0.25, 0.3) is 33.4 Å². The van der Waals surface area contributed by atoms with E-state index in [2.05, 4.69) is 77.2 Å². The summed E-state index contributed by atoms with van der Waals surface area (Å²) in [6.45, 7) is 13.5. The van der Waals surface area contributed by atoms with Crippen LogP contribution in [0.5, 0.6) is 0 Å². The zero-order valence-electron chi connectivity index (χ0n) is 37.6. The summed E-state index contributed by atoms with van der Waals surface area (Å²) in [4.78, 5) is 56.2. The Morgan fingerprint density at radius 2 is 1.83 bits per heavy atom. The van der Waals surface area contributed by atoms with Gasteiger partial charge in [-0.05, 0) is 76.3 Å². The lowest BCUT2D eigenvalue weighted by atomic mass is 9.84. The van der Waals surface area contributed by atoms with Crippen molar-refractivity contribution in [3.8, 4) is 22.5 Å². The smallest absolute Gasteiger partial charge is 0.324 e. The number of nitrogens with zero attached hydrogens (tertiary/aromatic N) is 6. The molecule has 0 unspecified atom stereocenters. The number of carbonyl (C=O) groups is 3. The molecule has 1 aromatic carbocycles. The molecule has 1 aliphatic carbocycles. The van der Waals surface area contributed by atoms with E-state index in [1.54, 1.807) is 7.11 Å². The number of aromatic nitrogens is 3. The number of ether oxygens (including phenoxy) is 2. The lowest BCUT2D eigenvalue weighted by Crippen LogP contribution is -2.60. The number of anilines is 1. The van der Waals surface area contributed by atoms with E-state index < -0.39 is 23.5 Å². The van der Waals surface area contributed by atoms with Gasteiger partial charge in [-0.3, -0.25) is 24.4 Å². The highest BCUT2D eigenvalue weighted by Crippen LogP contribution is 2.43. The van der Waals surface area contributed by atoms with Gasteiger partial charge in [-0.15, -0.1) is 11.3 Å². The summed E-state index contributed by atoms with van der Waals surface area (Å²) in [6.07, 6.45) is 4.22. The van der Waals surface area contributed by atoms with Gasteiger partial charge in [-0.2, -0.15) is 67.5 Å². The Balaban J connectivity index is 0.00000218.